The number of amides is 1. The van der Waals surface area contributed by atoms with Crippen LogP contribution in [0.5, 0.6) is 17.2 Å². The van der Waals surface area contributed by atoms with E-state index in [1.54, 1.807) is 31.2 Å². The zero-order chi connectivity index (χ0) is 26.9. The normalized spacial score (nSPS) is 16.8. The molecule has 0 spiro atoms. The van der Waals surface area contributed by atoms with Gasteiger partial charge in [0.1, 0.15) is 11.5 Å². The topological polar surface area (TPSA) is 96.3 Å². The molecule has 0 saturated carbocycles. The third kappa shape index (κ3) is 5.00. The van der Waals surface area contributed by atoms with Crippen molar-refractivity contribution in [2.45, 2.75) is 33.4 Å². The van der Waals surface area contributed by atoms with Crippen LogP contribution in [0.25, 0.3) is 5.76 Å². The molecule has 1 aliphatic rings. The first-order chi connectivity index (χ1) is 17.7. The number of carbonyl (C=O) groups is 2. The Morgan fingerprint density at radius 2 is 1.81 bits per heavy atom. The van der Waals surface area contributed by atoms with Crippen molar-refractivity contribution in [1.82, 2.24) is 4.90 Å². The highest BCUT2D eigenvalue weighted by atomic mass is 35.5. The van der Waals surface area contributed by atoms with E-state index in [0.717, 1.165) is 16.7 Å². The highest BCUT2D eigenvalue weighted by molar-refractivity contribution is 6.47. The Balaban J connectivity index is 1.94. The number of phenolic OH excluding ortho intramolecular Hbond substituents is 1. The largest absolute Gasteiger partial charge is 0.507 e. The van der Waals surface area contributed by atoms with E-state index in [1.807, 2.05) is 32.0 Å². The molecule has 1 fully saturated rings. The van der Waals surface area contributed by atoms with E-state index in [0.29, 0.717) is 17.9 Å². The number of ether oxygens (including phenoxy) is 2. The summed E-state index contributed by atoms with van der Waals surface area (Å²) in [6.45, 7) is 6.11. The molecule has 1 aliphatic heterocycles. The summed E-state index contributed by atoms with van der Waals surface area (Å²) < 4.78 is 10.8. The van der Waals surface area contributed by atoms with Gasteiger partial charge in [-0.15, -0.1) is 0 Å². The molecule has 1 saturated heterocycles. The monoisotopic (exact) mass is 521 g/mol. The van der Waals surface area contributed by atoms with Gasteiger partial charge in [-0.2, -0.15) is 0 Å². The Bertz CT molecular complexity index is 1410. The molecule has 2 N–H and O–H groups in total. The molecule has 1 heterocycles. The van der Waals surface area contributed by atoms with Gasteiger partial charge >= 0.3 is 0 Å². The van der Waals surface area contributed by atoms with E-state index in [1.165, 1.54) is 24.1 Å². The van der Waals surface area contributed by atoms with Crippen molar-refractivity contribution in [3.05, 3.63) is 93.0 Å². The first-order valence-corrected chi connectivity index (χ1v) is 12.2. The minimum Gasteiger partial charge on any atom is -0.507 e. The number of aliphatic hydroxyl groups is 1. The lowest BCUT2D eigenvalue weighted by Crippen LogP contribution is -2.29. The quantitative estimate of drug-likeness (QED) is 0.235. The SMILES string of the molecule is CCOc1cc(C2/C(=C(\O)c3cc(OC)ccc3Cl)C(=O)C(=O)N2Cc2cc(C)ccc2C)ccc1O. The number of ketones is 1. The van der Waals surface area contributed by atoms with Gasteiger partial charge in [0.05, 0.1) is 30.4 Å². The minimum absolute atomic E-state index is 0.0760. The van der Waals surface area contributed by atoms with Crippen LogP contribution in [-0.4, -0.2) is 40.5 Å². The predicted molar refractivity (Wildman–Crippen MR) is 141 cm³/mol. The first-order valence-electron chi connectivity index (χ1n) is 11.8. The first kappa shape index (κ1) is 26.1. The Morgan fingerprint density at radius 3 is 2.51 bits per heavy atom. The summed E-state index contributed by atoms with van der Waals surface area (Å²) in [6, 6.07) is 14.2. The summed E-state index contributed by atoms with van der Waals surface area (Å²) in [6.07, 6.45) is 0. The molecule has 7 nitrogen and oxygen atoms in total. The summed E-state index contributed by atoms with van der Waals surface area (Å²) in [5, 5.41) is 21.9. The molecule has 37 heavy (non-hydrogen) atoms. The lowest BCUT2D eigenvalue weighted by molar-refractivity contribution is -0.140. The second kappa shape index (κ2) is 10.6. The zero-order valence-electron chi connectivity index (χ0n) is 21.0. The summed E-state index contributed by atoms with van der Waals surface area (Å²) in [5.74, 6) is -1.45. The standard InChI is InChI=1S/C29H28ClNO6/c1-5-37-24-13-18(8-11-23(24)32)26-25(27(33)21-14-20(36-4)9-10-22(21)30)28(34)29(35)31(26)15-19-12-16(2)6-7-17(19)3/h6-14,26,32-33H,5,15H2,1-4H3/b27-25+. The van der Waals surface area contributed by atoms with Gasteiger partial charge in [-0.1, -0.05) is 41.4 Å². The van der Waals surface area contributed by atoms with Crippen molar-refractivity contribution in [1.29, 1.82) is 0 Å². The maximum absolute atomic E-state index is 13.4. The van der Waals surface area contributed by atoms with Crippen LogP contribution in [0.3, 0.4) is 0 Å². The highest BCUT2D eigenvalue weighted by Crippen LogP contribution is 2.43. The van der Waals surface area contributed by atoms with E-state index in [2.05, 4.69) is 0 Å². The fraction of sp³-hybridized carbons (Fsp3) is 0.241. The number of aryl methyl sites for hydroxylation is 2. The number of aliphatic hydroxyl groups excluding tert-OH is 1. The van der Waals surface area contributed by atoms with Crippen molar-refractivity contribution in [2.75, 3.05) is 13.7 Å². The number of rotatable bonds is 7. The Morgan fingerprint density at radius 1 is 1.05 bits per heavy atom. The maximum Gasteiger partial charge on any atom is 0.295 e. The number of phenols is 1. The molecule has 1 atom stereocenters. The van der Waals surface area contributed by atoms with Crippen LogP contribution >= 0.6 is 11.6 Å². The number of benzene rings is 3. The smallest absolute Gasteiger partial charge is 0.295 e. The lowest BCUT2D eigenvalue weighted by Gasteiger charge is -2.27. The number of halogens is 1. The Hall–Kier alpha value is -3.97. The van der Waals surface area contributed by atoms with Crippen molar-refractivity contribution in [2.24, 2.45) is 0 Å². The van der Waals surface area contributed by atoms with Crippen molar-refractivity contribution in [3.8, 4) is 17.2 Å². The number of carbonyl (C=O) groups excluding carboxylic acids is 2. The third-order valence-corrected chi connectivity index (χ3v) is 6.74. The van der Waals surface area contributed by atoms with Crippen LogP contribution in [0, 0.1) is 13.8 Å². The van der Waals surface area contributed by atoms with Gasteiger partial charge in [0.25, 0.3) is 11.7 Å². The van der Waals surface area contributed by atoms with Crippen molar-refractivity contribution < 1.29 is 29.3 Å². The van der Waals surface area contributed by atoms with Crippen LogP contribution in [0.4, 0.5) is 0 Å². The van der Waals surface area contributed by atoms with Gasteiger partial charge in [0, 0.05) is 12.1 Å². The summed E-state index contributed by atoms with van der Waals surface area (Å²) >= 11 is 6.38. The summed E-state index contributed by atoms with van der Waals surface area (Å²) in [7, 11) is 1.47. The van der Waals surface area contributed by atoms with Crippen LogP contribution in [0.1, 0.15) is 40.8 Å². The van der Waals surface area contributed by atoms with Crippen molar-refractivity contribution >= 4 is 29.1 Å². The molecule has 0 radical (unpaired) electrons. The second-order valence-corrected chi connectivity index (χ2v) is 9.27. The molecular weight excluding hydrogens is 494 g/mol. The molecule has 3 aromatic carbocycles. The molecule has 4 rings (SSSR count). The van der Waals surface area contributed by atoms with E-state index in [4.69, 9.17) is 21.1 Å². The molecule has 0 aliphatic carbocycles. The molecule has 192 valence electrons. The number of nitrogens with zero attached hydrogens (tertiary/aromatic N) is 1. The van der Waals surface area contributed by atoms with Gasteiger partial charge in [0.15, 0.2) is 11.5 Å². The van der Waals surface area contributed by atoms with Gasteiger partial charge in [-0.05, 0) is 67.8 Å². The average Bonchev–Trinajstić information content (AvgIpc) is 3.12. The average molecular weight is 522 g/mol. The molecule has 1 amide bonds. The minimum atomic E-state index is -0.956. The molecular formula is C29H28ClNO6. The molecule has 3 aromatic rings. The molecule has 8 heteroatoms. The van der Waals surface area contributed by atoms with Gasteiger partial charge in [-0.3, -0.25) is 9.59 Å². The lowest BCUT2D eigenvalue weighted by atomic mass is 9.94. The van der Waals surface area contributed by atoms with E-state index < -0.39 is 23.5 Å². The number of Topliss-reactive ketones (excluding diaryl/α,β-unsaturated/α-hetero) is 1. The fourth-order valence-electron chi connectivity index (χ4n) is 4.47. The Kier molecular flexibility index (Phi) is 7.45. The number of hydrogen-bond acceptors (Lipinski definition) is 6. The van der Waals surface area contributed by atoms with Crippen molar-refractivity contribution in [3.63, 3.8) is 0 Å². The number of hydrogen-bond donors (Lipinski definition) is 2. The molecule has 1 unspecified atom stereocenters. The van der Waals surface area contributed by atoms with Crippen LogP contribution in [0.15, 0.2) is 60.2 Å². The van der Waals surface area contributed by atoms with E-state index in [9.17, 15) is 19.8 Å². The van der Waals surface area contributed by atoms with Gasteiger partial charge < -0.3 is 24.6 Å². The van der Waals surface area contributed by atoms with Gasteiger partial charge in [-0.25, -0.2) is 0 Å². The summed E-state index contributed by atoms with van der Waals surface area (Å²) in [5.41, 5.74) is 3.39. The molecule has 0 bridgehead atoms. The maximum atomic E-state index is 13.4. The number of aromatic hydroxyl groups is 1. The zero-order valence-corrected chi connectivity index (χ0v) is 21.8. The predicted octanol–water partition coefficient (Wildman–Crippen LogP) is 5.69. The van der Waals surface area contributed by atoms with Crippen LogP contribution < -0.4 is 9.47 Å². The number of methoxy groups -OCH3 is 1. The third-order valence-electron chi connectivity index (χ3n) is 6.41. The van der Waals surface area contributed by atoms with Crippen LogP contribution in [0.2, 0.25) is 5.02 Å². The fourth-order valence-corrected chi connectivity index (χ4v) is 4.68. The van der Waals surface area contributed by atoms with Crippen LogP contribution in [-0.2, 0) is 16.1 Å². The number of likely N-dealkylation sites (tertiary alicyclic amines) is 1. The highest BCUT2D eigenvalue weighted by Gasteiger charge is 2.46. The molecule has 0 aromatic heterocycles. The van der Waals surface area contributed by atoms with Gasteiger partial charge in [0.2, 0.25) is 0 Å². The van der Waals surface area contributed by atoms with E-state index >= 15 is 0 Å². The Labute approximate surface area is 220 Å². The van der Waals surface area contributed by atoms with E-state index in [-0.39, 0.29) is 34.2 Å². The second-order valence-electron chi connectivity index (χ2n) is 8.86. The summed E-state index contributed by atoms with van der Waals surface area (Å²) in [4.78, 5) is 28.3.